The highest BCUT2D eigenvalue weighted by molar-refractivity contribution is 6.11. The number of rotatable bonds is 5. The van der Waals surface area contributed by atoms with E-state index >= 15 is 0 Å². The molecule has 0 saturated carbocycles. The molecule has 6 nitrogen and oxygen atoms in total. The number of para-hydroxylation sites is 1. The molecule has 2 saturated heterocycles. The summed E-state index contributed by atoms with van der Waals surface area (Å²) in [6.45, 7) is 2.35. The van der Waals surface area contributed by atoms with Gasteiger partial charge in [-0.2, -0.15) is 4.99 Å². The number of aliphatic imine (C=N–C) groups is 1. The van der Waals surface area contributed by atoms with E-state index in [0.29, 0.717) is 23.9 Å². The zero-order valence-corrected chi connectivity index (χ0v) is 17.8. The Morgan fingerprint density at radius 1 is 1.03 bits per heavy atom. The predicted molar refractivity (Wildman–Crippen MR) is 123 cm³/mol. The van der Waals surface area contributed by atoms with E-state index in [0.717, 1.165) is 62.8 Å². The number of fused-ring (bicyclic) bond motifs is 3. The molecule has 1 atom stereocenters. The third-order valence-electron chi connectivity index (χ3n) is 6.51. The Morgan fingerprint density at radius 3 is 2.65 bits per heavy atom. The Labute approximate surface area is 182 Å². The Balaban J connectivity index is 1.46. The van der Waals surface area contributed by atoms with Gasteiger partial charge in [0.1, 0.15) is 5.84 Å². The second-order valence-electron chi connectivity index (χ2n) is 8.54. The van der Waals surface area contributed by atoms with Crippen molar-refractivity contribution in [2.75, 3.05) is 19.8 Å². The molecule has 2 aliphatic rings. The van der Waals surface area contributed by atoms with Crippen molar-refractivity contribution < 1.29 is 14.3 Å². The molecule has 31 heavy (non-hydrogen) atoms. The summed E-state index contributed by atoms with van der Waals surface area (Å²) in [5, 5.41) is 2.37. The Kier molecular flexibility index (Phi) is 5.74. The van der Waals surface area contributed by atoms with Crippen LogP contribution in [0.1, 0.15) is 54.9 Å². The zero-order valence-electron chi connectivity index (χ0n) is 17.8. The first-order valence-corrected chi connectivity index (χ1v) is 11.3. The van der Waals surface area contributed by atoms with Crippen LogP contribution < -0.4 is 5.73 Å². The third kappa shape index (κ3) is 4.10. The fourth-order valence-electron chi connectivity index (χ4n) is 4.90. The van der Waals surface area contributed by atoms with Crippen LogP contribution in [0.3, 0.4) is 0 Å². The van der Waals surface area contributed by atoms with Gasteiger partial charge in [-0.1, -0.05) is 24.3 Å². The molecule has 0 unspecified atom stereocenters. The first-order valence-electron chi connectivity index (χ1n) is 11.3. The van der Waals surface area contributed by atoms with Crippen LogP contribution in [-0.2, 0) is 9.47 Å². The molecular formula is C25H29N3O3. The number of amides is 1. The highest BCUT2D eigenvalue weighted by Crippen LogP contribution is 2.35. The van der Waals surface area contributed by atoms with Crippen molar-refractivity contribution in [3.05, 3.63) is 48.0 Å². The fraction of sp³-hybridized carbons (Fsp3) is 0.440. The lowest BCUT2D eigenvalue weighted by atomic mass is 10.1. The van der Waals surface area contributed by atoms with Gasteiger partial charge in [-0.3, -0.25) is 4.79 Å². The number of hydrogen-bond acceptors (Lipinski definition) is 3. The first-order chi connectivity index (χ1) is 15.2. The van der Waals surface area contributed by atoms with E-state index in [-0.39, 0.29) is 12.0 Å². The summed E-state index contributed by atoms with van der Waals surface area (Å²) in [7, 11) is 0. The number of carbonyl (C=O) groups excluding carboxylic acids is 1. The van der Waals surface area contributed by atoms with Gasteiger partial charge in [0.05, 0.1) is 11.6 Å². The predicted octanol–water partition coefficient (Wildman–Crippen LogP) is 4.60. The summed E-state index contributed by atoms with van der Waals surface area (Å²) in [6.07, 6.45) is 5.76. The van der Waals surface area contributed by atoms with Gasteiger partial charge in [0.2, 0.25) is 0 Å². The minimum Gasteiger partial charge on any atom is -0.387 e. The van der Waals surface area contributed by atoms with Gasteiger partial charge in [-0.05, 0) is 50.3 Å². The van der Waals surface area contributed by atoms with Crippen LogP contribution in [-0.4, -0.2) is 42.2 Å². The van der Waals surface area contributed by atoms with Crippen molar-refractivity contribution in [2.45, 2.75) is 50.7 Å². The second kappa shape index (κ2) is 8.81. The summed E-state index contributed by atoms with van der Waals surface area (Å²) in [4.78, 5) is 17.1. The molecule has 6 heteroatoms. The van der Waals surface area contributed by atoms with Gasteiger partial charge in [0.15, 0.2) is 0 Å². The Hall–Kier alpha value is -2.70. The van der Waals surface area contributed by atoms with Crippen molar-refractivity contribution in [1.82, 2.24) is 4.57 Å². The Bertz CT molecular complexity index is 1120. The summed E-state index contributed by atoms with van der Waals surface area (Å²) in [5.41, 5.74) is 8.92. The number of aromatic nitrogens is 1. The minimum absolute atomic E-state index is 0.246. The molecule has 1 aromatic heterocycles. The number of amidine groups is 1. The SMILES string of the molecule is NC(CC[C@H]1CCCO1)=NC(=O)c1ccc2c3ccccc3n(C3CCOCC3)c2c1. The lowest BCUT2D eigenvalue weighted by Crippen LogP contribution is -2.19. The lowest BCUT2D eigenvalue weighted by Gasteiger charge is -2.25. The van der Waals surface area contributed by atoms with Crippen LogP contribution >= 0.6 is 0 Å². The molecule has 2 fully saturated rings. The van der Waals surface area contributed by atoms with Crippen LogP contribution in [0.25, 0.3) is 21.8 Å². The maximum atomic E-state index is 12.9. The van der Waals surface area contributed by atoms with Gasteiger partial charge in [-0.25, -0.2) is 0 Å². The number of ether oxygens (including phenoxy) is 2. The van der Waals surface area contributed by atoms with Crippen LogP contribution in [0.2, 0.25) is 0 Å². The third-order valence-corrected chi connectivity index (χ3v) is 6.51. The van der Waals surface area contributed by atoms with E-state index < -0.39 is 0 Å². The number of benzene rings is 2. The smallest absolute Gasteiger partial charge is 0.278 e. The minimum atomic E-state index is -0.282. The number of nitrogens with two attached hydrogens (primary N) is 1. The highest BCUT2D eigenvalue weighted by Gasteiger charge is 2.22. The van der Waals surface area contributed by atoms with Gasteiger partial charge in [0.25, 0.3) is 5.91 Å². The van der Waals surface area contributed by atoms with E-state index in [1.165, 1.54) is 10.9 Å². The Morgan fingerprint density at radius 2 is 1.84 bits per heavy atom. The summed E-state index contributed by atoms with van der Waals surface area (Å²) >= 11 is 0. The molecule has 0 aliphatic carbocycles. The van der Waals surface area contributed by atoms with Gasteiger partial charge in [0, 0.05) is 54.1 Å². The maximum Gasteiger partial charge on any atom is 0.278 e. The topological polar surface area (TPSA) is 78.8 Å². The largest absolute Gasteiger partial charge is 0.387 e. The number of hydrogen-bond donors (Lipinski definition) is 1. The lowest BCUT2D eigenvalue weighted by molar-refractivity contribution is 0.0717. The quantitative estimate of drug-likeness (QED) is 0.484. The van der Waals surface area contributed by atoms with E-state index in [2.05, 4.69) is 33.8 Å². The molecule has 2 N–H and O–H groups in total. The molecular weight excluding hydrogens is 390 g/mol. The number of carbonyl (C=O) groups is 1. The van der Waals surface area contributed by atoms with Crippen LogP contribution in [0, 0.1) is 0 Å². The van der Waals surface area contributed by atoms with Gasteiger partial charge < -0.3 is 19.8 Å². The molecule has 5 rings (SSSR count). The average molecular weight is 420 g/mol. The van der Waals surface area contributed by atoms with Crippen molar-refractivity contribution in [3.63, 3.8) is 0 Å². The molecule has 1 amide bonds. The molecule has 3 aromatic rings. The van der Waals surface area contributed by atoms with Crippen LogP contribution in [0.15, 0.2) is 47.5 Å². The molecule has 0 radical (unpaired) electrons. The highest BCUT2D eigenvalue weighted by atomic mass is 16.5. The van der Waals surface area contributed by atoms with Gasteiger partial charge in [-0.15, -0.1) is 0 Å². The van der Waals surface area contributed by atoms with Crippen molar-refractivity contribution in [2.24, 2.45) is 10.7 Å². The molecule has 2 aliphatic heterocycles. The van der Waals surface area contributed by atoms with Crippen molar-refractivity contribution in [1.29, 1.82) is 0 Å². The summed E-state index contributed by atoms with van der Waals surface area (Å²) in [6, 6.07) is 14.7. The second-order valence-corrected chi connectivity index (χ2v) is 8.54. The normalized spacial score (nSPS) is 20.6. The molecule has 162 valence electrons. The molecule has 0 bridgehead atoms. The monoisotopic (exact) mass is 419 g/mol. The molecule has 0 spiro atoms. The fourth-order valence-corrected chi connectivity index (χ4v) is 4.90. The standard InChI is InChI=1S/C25H29N3O3/c26-24(10-8-19-4-3-13-31-19)27-25(29)17-7-9-21-20-5-1-2-6-22(20)28(23(21)16-17)18-11-14-30-15-12-18/h1-2,5-7,9,16,18-19H,3-4,8,10-15H2,(H2,26,27,29)/t19-/m1/s1. The number of nitrogens with zero attached hydrogens (tertiary/aromatic N) is 2. The first kappa shape index (κ1) is 20.2. The summed E-state index contributed by atoms with van der Waals surface area (Å²) in [5.74, 6) is 0.0982. The van der Waals surface area contributed by atoms with Crippen molar-refractivity contribution >= 4 is 33.5 Å². The molecule has 2 aromatic carbocycles. The van der Waals surface area contributed by atoms with E-state index in [9.17, 15) is 4.79 Å². The summed E-state index contributed by atoms with van der Waals surface area (Å²) < 4.78 is 13.6. The van der Waals surface area contributed by atoms with Crippen molar-refractivity contribution in [3.8, 4) is 0 Å². The van der Waals surface area contributed by atoms with Gasteiger partial charge >= 0.3 is 0 Å². The van der Waals surface area contributed by atoms with E-state index in [1.54, 1.807) is 0 Å². The van der Waals surface area contributed by atoms with E-state index in [4.69, 9.17) is 15.2 Å². The zero-order chi connectivity index (χ0) is 21.2. The molecule has 3 heterocycles. The average Bonchev–Trinajstić information content (AvgIpc) is 3.44. The van der Waals surface area contributed by atoms with Crippen LogP contribution in [0.4, 0.5) is 0 Å². The van der Waals surface area contributed by atoms with Crippen LogP contribution in [0.5, 0.6) is 0 Å². The van der Waals surface area contributed by atoms with E-state index in [1.807, 2.05) is 18.2 Å². The maximum absolute atomic E-state index is 12.9.